The van der Waals surface area contributed by atoms with E-state index in [9.17, 15) is 9.59 Å². The van der Waals surface area contributed by atoms with Crippen molar-refractivity contribution in [1.29, 1.82) is 0 Å². The lowest BCUT2D eigenvalue weighted by atomic mass is 10.1. The summed E-state index contributed by atoms with van der Waals surface area (Å²) >= 11 is 0. The Kier molecular flexibility index (Phi) is 7.81. The second-order valence-electron chi connectivity index (χ2n) is 7.21. The van der Waals surface area contributed by atoms with E-state index in [0.29, 0.717) is 43.1 Å². The van der Waals surface area contributed by atoms with Gasteiger partial charge in [-0.2, -0.15) is 0 Å². The smallest absolute Gasteiger partial charge is 0.220 e. The molecule has 0 saturated heterocycles. The van der Waals surface area contributed by atoms with Crippen LogP contribution < -0.4 is 14.8 Å². The first-order chi connectivity index (χ1) is 15.0. The highest BCUT2D eigenvalue weighted by Gasteiger charge is 2.09. The molecule has 31 heavy (non-hydrogen) atoms. The van der Waals surface area contributed by atoms with Gasteiger partial charge in [0.25, 0.3) is 0 Å². The van der Waals surface area contributed by atoms with Gasteiger partial charge in [0.2, 0.25) is 5.91 Å². The number of ether oxygens (including phenoxy) is 2. The molecule has 1 N–H and O–H groups in total. The highest BCUT2D eigenvalue weighted by atomic mass is 16.5. The molecule has 0 fully saturated rings. The summed E-state index contributed by atoms with van der Waals surface area (Å²) in [7, 11) is 1.53. The van der Waals surface area contributed by atoms with Crippen molar-refractivity contribution >= 4 is 11.7 Å². The number of hydrogen-bond acceptors (Lipinski definition) is 5. The molecule has 0 radical (unpaired) electrons. The van der Waals surface area contributed by atoms with E-state index in [1.165, 1.54) is 14.0 Å². The maximum absolute atomic E-state index is 12.2. The van der Waals surface area contributed by atoms with Gasteiger partial charge in [0.15, 0.2) is 17.3 Å². The molecule has 0 aliphatic heterocycles. The molecule has 3 aromatic rings. The van der Waals surface area contributed by atoms with Crippen molar-refractivity contribution in [2.45, 2.75) is 32.9 Å². The molecular weight excluding hydrogens is 394 g/mol. The SMILES string of the molecule is COc1cc(C(C)=O)ccc1OCCCC(=O)NCc1cccc(Cn2ccnc2)c1. The van der Waals surface area contributed by atoms with E-state index in [1.807, 2.05) is 22.9 Å². The largest absolute Gasteiger partial charge is 0.493 e. The van der Waals surface area contributed by atoms with Crippen LogP contribution in [0, 0.1) is 0 Å². The Balaban J connectivity index is 1.40. The Morgan fingerprint density at radius 2 is 1.94 bits per heavy atom. The van der Waals surface area contributed by atoms with E-state index < -0.39 is 0 Å². The van der Waals surface area contributed by atoms with Crippen LogP contribution in [0.1, 0.15) is 41.3 Å². The fourth-order valence-corrected chi connectivity index (χ4v) is 3.14. The first-order valence-electron chi connectivity index (χ1n) is 10.2. The zero-order chi connectivity index (χ0) is 22.1. The average Bonchev–Trinajstić information content (AvgIpc) is 3.28. The van der Waals surface area contributed by atoms with Crippen LogP contribution in [0.5, 0.6) is 11.5 Å². The van der Waals surface area contributed by atoms with E-state index in [-0.39, 0.29) is 11.7 Å². The molecule has 0 aliphatic carbocycles. The molecule has 0 atom stereocenters. The predicted molar refractivity (Wildman–Crippen MR) is 117 cm³/mol. The molecule has 1 amide bonds. The fourth-order valence-electron chi connectivity index (χ4n) is 3.14. The summed E-state index contributed by atoms with van der Waals surface area (Å²) in [5.74, 6) is 1.01. The number of carbonyl (C=O) groups is 2. The Morgan fingerprint density at radius 1 is 1.10 bits per heavy atom. The minimum atomic E-state index is -0.0335. The number of nitrogens with one attached hydrogen (secondary N) is 1. The standard InChI is InChI=1S/C24H27N3O4/c1-18(28)21-8-9-22(23(14-21)30-2)31-12-4-7-24(29)26-15-19-5-3-6-20(13-19)16-27-11-10-25-17-27/h3,5-6,8-11,13-14,17H,4,7,12,15-16H2,1-2H3,(H,26,29). The molecule has 3 rings (SSSR count). The summed E-state index contributed by atoms with van der Waals surface area (Å²) in [6.45, 7) is 3.11. The molecule has 1 heterocycles. The molecule has 7 nitrogen and oxygen atoms in total. The maximum atomic E-state index is 12.2. The summed E-state index contributed by atoms with van der Waals surface area (Å²) in [5.41, 5.74) is 2.78. The van der Waals surface area contributed by atoms with Crippen molar-refractivity contribution in [3.8, 4) is 11.5 Å². The first kappa shape index (κ1) is 22.1. The zero-order valence-electron chi connectivity index (χ0n) is 17.8. The van der Waals surface area contributed by atoms with Crippen molar-refractivity contribution in [3.05, 3.63) is 77.9 Å². The number of imidazole rings is 1. The van der Waals surface area contributed by atoms with Crippen molar-refractivity contribution in [1.82, 2.24) is 14.9 Å². The van der Waals surface area contributed by atoms with Gasteiger partial charge in [-0.3, -0.25) is 9.59 Å². The Bertz CT molecular complexity index is 1020. The Morgan fingerprint density at radius 3 is 2.68 bits per heavy atom. The third kappa shape index (κ3) is 6.70. The summed E-state index contributed by atoms with van der Waals surface area (Å²) in [6.07, 6.45) is 6.39. The summed E-state index contributed by atoms with van der Waals surface area (Å²) in [5, 5.41) is 2.95. The number of methoxy groups -OCH3 is 1. The number of benzene rings is 2. The summed E-state index contributed by atoms with van der Waals surface area (Å²) in [4.78, 5) is 27.7. The summed E-state index contributed by atoms with van der Waals surface area (Å²) < 4.78 is 13.0. The normalized spacial score (nSPS) is 10.5. The third-order valence-electron chi connectivity index (χ3n) is 4.78. The number of carbonyl (C=O) groups excluding carboxylic acids is 2. The second kappa shape index (κ2) is 11.0. The Hall–Kier alpha value is -3.61. The van der Waals surface area contributed by atoms with Gasteiger partial charge in [0.05, 0.1) is 20.0 Å². The second-order valence-corrected chi connectivity index (χ2v) is 7.21. The number of ketones is 1. The highest BCUT2D eigenvalue weighted by Crippen LogP contribution is 2.28. The number of aromatic nitrogens is 2. The van der Waals surface area contributed by atoms with Crippen LogP contribution in [0.2, 0.25) is 0 Å². The lowest BCUT2D eigenvalue weighted by Gasteiger charge is -2.12. The maximum Gasteiger partial charge on any atom is 0.220 e. The summed E-state index contributed by atoms with van der Waals surface area (Å²) in [6, 6.07) is 13.2. The topological polar surface area (TPSA) is 82.5 Å². The van der Waals surface area contributed by atoms with Crippen LogP contribution in [0.4, 0.5) is 0 Å². The van der Waals surface area contributed by atoms with E-state index in [1.54, 1.807) is 30.7 Å². The van der Waals surface area contributed by atoms with Crippen molar-refractivity contribution in [2.24, 2.45) is 0 Å². The van der Waals surface area contributed by atoms with Gasteiger partial charge >= 0.3 is 0 Å². The minimum absolute atomic E-state index is 0.0255. The van der Waals surface area contributed by atoms with Crippen LogP contribution in [0.25, 0.3) is 0 Å². The number of hydrogen-bond donors (Lipinski definition) is 1. The van der Waals surface area contributed by atoms with Gasteiger partial charge < -0.3 is 19.4 Å². The molecule has 162 valence electrons. The first-order valence-corrected chi connectivity index (χ1v) is 10.2. The van der Waals surface area contributed by atoms with Gasteiger partial charge in [-0.15, -0.1) is 0 Å². The number of amides is 1. The molecule has 0 aliphatic rings. The Labute approximate surface area is 182 Å². The van der Waals surface area contributed by atoms with Gasteiger partial charge in [0.1, 0.15) is 0 Å². The fraction of sp³-hybridized carbons (Fsp3) is 0.292. The van der Waals surface area contributed by atoms with Crippen LogP contribution in [-0.4, -0.2) is 35.0 Å². The van der Waals surface area contributed by atoms with Gasteiger partial charge in [-0.1, -0.05) is 24.3 Å². The quantitative estimate of drug-likeness (QED) is 0.378. The minimum Gasteiger partial charge on any atom is -0.493 e. The van der Waals surface area contributed by atoms with Gasteiger partial charge in [0, 0.05) is 37.5 Å². The van der Waals surface area contributed by atoms with Crippen LogP contribution >= 0.6 is 0 Å². The molecule has 0 saturated carbocycles. The third-order valence-corrected chi connectivity index (χ3v) is 4.78. The van der Waals surface area contributed by atoms with Crippen LogP contribution in [0.15, 0.2) is 61.2 Å². The predicted octanol–water partition coefficient (Wildman–Crippen LogP) is 3.62. The van der Waals surface area contributed by atoms with E-state index >= 15 is 0 Å². The molecule has 0 unspecified atom stereocenters. The van der Waals surface area contributed by atoms with E-state index in [2.05, 4.69) is 22.4 Å². The highest BCUT2D eigenvalue weighted by molar-refractivity contribution is 5.94. The number of Topliss-reactive ketones (excluding diaryl/α,β-unsaturated/α-hetero) is 1. The molecule has 7 heteroatoms. The number of rotatable bonds is 11. The van der Waals surface area contributed by atoms with Crippen molar-refractivity contribution < 1.29 is 19.1 Å². The number of nitrogens with zero attached hydrogens (tertiary/aromatic N) is 2. The van der Waals surface area contributed by atoms with Crippen LogP contribution in [-0.2, 0) is 17.9 Å². The molecule has 1 aromatic heterocycles. The zero-order valence-corrected chi connectivity index (χ0v) is 17.8. The van der Waals surface area contributed by atoms with Crippen LogP contribution in [0.3, 0.4) is 0 Å². The average molecular weight is 421 g/mol. The molecule has 0 spiro atoms. The van der Waals surface area contributed by atoms with E-state index in [0.717, 1.165) is 17.7 Å². The van der Waals surface area contributed by atoms with Crippen molar-refractivity contribution in [3.63, 3.8) is 0 Å². The van der Waals surface area contributed by atoms with Crippen molar-refractivity contribution in [2.75, 3.05) is 13.7 Å². The van der Waals surface area contributed by atoms with E-state index in [4.69, 9.17) is 9.47 Å². The van der Waals surface area contributed by atoms with Gasteiger partial charge in [-0.25, -0.2) is 4.98 Å². The lowest BCUT2D eigenvalue weighted by molar-refractivity contribution is -0.121. The monoisotopic (exact) mass is 421 g/mol. The molecule has 0 bridgehead atoms. The molecule has 2 aromatic carbocycles. The lowest BCUT2D eigenvalue weighted by Crippen LogP contribution is -2.23. The molecular formula is C24H27N3O4. The van der Waals surface area contributed by atoms with Gasteiger partial charge in [-0.05, 0) is 42.7 Å².